The Labute approximate surface area is 202 Å². The number of ether oxygens (including phenoxy) is 2. The summed E-state index contributed by atoms with van der Waals surface area (Å²) < 4.78 is 11.4. The molecule has 3 heteroatoms. The lowest BCUT2D eigenvalue weighted by molar-refractivity contribution is 0.130. The molecule has 0 amide bonds. The third kappa shape index (κ3) is 12.6. The predicted molar refractivity (Wildman–Crippen MR) is 141 cm³/mol. The highest BCUT2D eigenvalue weighted by Crippen LogP contribution is 2.21. The first-order chi connectivity index (χ1) is 16.3. The molecule has 33 heavy (non-hydrogen) atoms. The van der Waals surface area contributed by atoms with Gasteiger partial charge < -0.3 is 9.47 Å². The van der Waals surface area contributed by atoms with Gasteiger partial charge in [0.1, 0.15) is 5.75 Å². The second-order valence-electron chi connectivity index (χ2n) is 8.81. The van der Waals surface area contributed by atoms with Crippen molar-refractivity contribution in [2.24, 2.45) is 0 Å². The van der Waals surface area contributed by atoms with Crippen LogP contribution in [0.4, 0.5) is 0 Å². The Morgan fingerprint density at radius 1 is 0.697 bits per heavy atom. The fourth-order valence-electron chi connectivity index (χ4n) is 3.75. The van der Waals surface area contributed by atoms with E-state index in [1.54, 1.807) is 0 Å². The molecule has 2 aromatic rings. The average molecular weight is 452 g/mol. The lowest BCUT2D eigenvalue weighted by Gasteiger charge is -2.07. The summed E-state index contributed by atoms with van der Waals surface area (Å²) in [5, 5.41) is 0. The first kappa shape index (κ1) is 27.1. The predicted octanol–water partition coefficient (Wildman–Crippen LogP) is 8.57. The van der Waals surface area contributed by atoms with Crippen molar-refractivity contribution in [3.05, 3.63) is 60.3 Å². The second-order valence-corrected chi connectivity index (χ2v) is 8.81. The van der Waals surface area contributed by atoms with Crippen LogP contribution in [0.3, 0.4) is 0 Å². The molecule has 0 saturated carbocycles. The van der Waals surface area contributed by atoms with E-state index < -0.39 is 0 Å². The normalized spacial score (nSPS) is 11.3. The van der Waals surface area contributed by atoms with Gasteiger partial charge in [-0.15, -0.1) is 0 Å². The topological polar surface area (TPSA) is 31.4 Å². The quantitative estimate of drug-likeness (QED) is 0.158. The fourth-order valence-corrected chi connectivity index (χ4v) is 3.75. The monoisotopic (exact) mass is 451 g/mol. The van der Waals surface area contributed by atoms with Gasteiger partial charge in [0.15, 0.2) is 0 Å². The molecule has 0 fully saturated rings. The summed E-state index contributed by atoms with van der Waals surface area (Å²) in [6, 6.07) is 12.9. The SMILES string of the molecule is CCCCCC/C=C/CCCOc1ccc(-c2ccc(CCCCCOCCC)cc2)nc1. The number of aromatic nitrogens is 1. The van der Waals surface area contributed by atoms with Gasteiger partial charge in [0.25, 0.3) is 0 Å². The molecule has 182 valence electrons. The van der Waals surface area contributed by atoms with E-state index in [0.717, 1.165) is 68.9 Å². The van der Waals surface area contributed by atoms with E-state index in [1.807, 2.05) is 12.3 Å². The van der Waals surface area contributed by atoms with Crippen LogP contribution < -0.4 is 4.74 Å². The molecule has 1 aromatic carbocycles. The number of nitrogens with zero attached hydrogens (tertiary/aromatic N) is 1. The molecule has 0 saturated heterocycles. The number of benzene rings is 1. The number of hydrogen-bond donors (Lipinski definition) is 0. The Hall–Kier alpha value is -2.13. The zero-order valence-corrected chi connectivity index (χ0v) is 21.1. The summed E-state index contributed by atoms with van der Waals surface area (Å²) in [5.74, 6) is 0.849. The Kier molecular flexibility index (Phi) is 15.0. The van der Waals surface area contributed by atoms with E-state index in [4.69, 9.17) is 9.47 Å². The molecule has 0 bridgehead atoms. The second kappa shape index (κ2) is 18.3. The van der Waals surface area contributed by atoms with Gasteiger partial charge in [0.2, 0.25) is 0 Å². The first-order valence-electron chi connectivity index (χ1n) is 13.2. The molecular formula is C30H45NO2. The van der Waals surface area contributed by atoms with Gasteiger partial charge in [-0.05, 0) is 69.1 Å². The number of unbranched alkanes of at least 4 members (excludes halogenated alkanes) is 7. The summed E-state index contributed by atoms with van der Waals surface area (Å²) in [4.78, 5) is 4.60. The number of hydrogen-bond acceptors (Lipinski definition) is 3. The van der Waals surface area contributed by atoms with Crippen molar-refractivity contribution in [2.45, 2.75) is 90.9 Å². The van der Waals surface area contributed by atoms with Crippen molar-refractivity contribution >= 4 is 0 Å². The smallest absolute Gasteiger partial charge is 0.137 e. The van der Waals surface area contributed by atoms with Crippen molar-refractivity contribution in [3.8, 4) is 17.0 Å². The Balaban J connectivity index is 1.61. The summed E-state index contributed by atoms with van der Waals surface area (Å²) in [6.07, 6.45) is 21.0. The van der Waals surface area contributed by atoms with Crippen molar-refractivity contribution in [1.29, 1.82) is 0 Å². The van der Waals surface area contributed by atoms with Gasteiger partial charge in [-0.3, -0.25) is 4.98 Å². The van der Waals surface area contributed by atoms with Crippen LogP contribution in [0, 0.1) is 0 Å². The highest BCUT2D eigenvalue weighted by atomic mass is 16.5. The maximum Gasteiger partial charge on any atom is 0.137 e. The molecule has 0 aliphatic heterocycles. The van der Waals surface area contributed by atoms with Crippen LogP contribution in [0.15, 0.2) is 54.7 Å². The highest BCUT2D eigenvalue weighted by molar-refractivity contribution is 5.59. The van der Waals surface area contributed by atoms with Crippen molar-refractivity contribution < 1.29 is 9.47 Å². The summed E-state index contributed by atoms with van der Waals surface area (Å²) in [6.45, 7) is 6.93. The standard InChI is InChI=1S/C30H45NO2/c1-3-5-6-7-8-9-10-11-15-25-33-29-21-22-30(31-26-29)28-19-17-27(18-20-28)16-13-12-14-24-32-23-4-2/h9-10,17-22,26H,3-8,11-16,23-25H2,1-2H3/b10-9+. The Bertz CT molecular complexity index is 737. The van der Waals surface area contributed by atoms with Crippen LogP contribution in [0.25, 0.3) is 11.3 Å². The van der Waals surface area contributed by atoms with Crippen LogP contribution >= 0.6 is 0 Å². The molecule has 0 atom stereocenters. The third-order valence-electron chi connectivity index (χ3n) is 5.76. The van der Waals surface area contributed by atoms with E-state index >= 15 is 0 Å². The Morgan fingerprint density at radius 3 is 2.21 bits per heavy atom. The van der Waals surface area contributed by atoms with E-state index in [9.17, 15) is 0 Å². The van der Waals surface area contributed by atoms with Crippen molar-refractivity contribution in [2.75, 3.05) is 19.8 Å². The molecule has 0 unspecified atom stereocenters. The van der Waals surface area contributed by atoms with Crippen LogP contribution in [0.5, 0.6) is 5.75 Å². The zero-order valence-electron chi connectivity index (χ0n) is 21.1. The molecule has 0 spiro atoms. The van der Waals surface area contributed by atoms with Crippen LogP contribution in [0.2, 0.25) is 0 Å². The summed E-state index contributed by atoms with van der Waals surface area (Å²) in [5.41, 5.74) is 3.54. The van der Waals surface area contributed by atoms with Crippen LogP contribution in [-0.4, -0.2) is 24.8 Å². The number of rotatable bonds is 19. The Morgan fingerprint density at radius 2 is 1.48 bits per heavy atom. The fraction of sp³-hybridized carbons (Fsp3) is 0.567. The van der Waals surface area contributed by atoms with Crippen LogP contribution in [-0.2, 0) is 11.2 Å². The van der Waals surface area contributed by atoms with E-state index in [-0.39, 0.29) is 0 Å². The number of allylic oxidation sites excluding steroid dienone is 2. The first-order valence-corrected chi connectivity index (χ1v) is 13.2. The molecule has 0 radical (unpaired) electrons. The lowest BCUT2D eigenvalue weighted by atomic mass is 10.0. The van der Waals surface area contributed by atoms with Gasteiger partial charge in [-0.25, -0.2) is 0 Å². The molecule has 0 N–H and O–H groups in total. The van der Waals surface area contributed by atoms with Gasteiger partial charge in [-0.1, -0.05) is 75.9 Å². The maximum absolute atomic E-state index is 5.86. The number of pyridine rings is 1. The molecule has 0 aliphatic carbocycles. The minimum absolute atomic E-state index is 0.737. The van der Waals surface area contributed by atoms with Gasteiger partial charge in [0, 0.05) is 18.8 Å². The largest absolute Gasteiger partial charge is 0.492 e. The van der Waals surface area contributed by atoms with E-state index in [0.29, 0.717) is 0 Å². The lowest BCUT2D eigenvalue weighted by Crippen LogP contribution is -1.97. The molecule has 2 rings (SSSR count). The summed E-state index contributed by atoms with van der Waals surface area (Å²) in [7, 11) is 0. The molecule has 1 aromatic heterocycles. The average Bonchev–Trinajstić information content (AvgIpc) is 2.85. The zero-order chi connectivity index (χ0) is 23.4. The summed E-state index contributed by atoms with van der Waals surface area (Å²) >= 11 is 0. The highest BCUT2D eigenvalue weighted by Gasteiger charge is 2.02. The molecule has 3 nitrogen and oxygen atoms in total. The van der Waals surface area contributed by atoms with E-state index in [1.165, 1.54) is 50.5 Å². The van der Waals surface area contributed by atoms with Gasteiger partial charge in [0.05, 0.1) is 18.5 Å². The van der Waals surface area contributed by atoms with Gasteiger partial charge in [-0.2, -0.15) is 0 Å². The molecule has 1 heterocycles. The third-order valence-corrected chi connectivity index (χ3v) is 5.76. The van der Waals surface area contributed by atoms with E-state index in [2.05, 4.69) is 61.3 Å². The van der Waals surface area contributed by atoms with Crippen LogP contribution in [0.1, 0.15) is 90.0 Å². The molecule has 0 aliphatic rings. The minimum atomic E-state index is 0.737. The van der Waals surface area contributed by atoms with Gasteiger partial charge >= 0.3 is 0 Å². The van der Waals surface area contributed by atoms with Crippen molar-refractivity contribution in [3.63, 3.8) is 0 Å². The number of aryl methyl sites for hydroxylation is 1. The van der Waals surface area contributed by atoms with Crippen molar-refractivity contribution in [1.82, 2.24) is 4.98 Å². The maximum atomic E-state index is 5.86. The molecular weight excluding hydrogens is 406 g/mol. The minimum Gasteiger partial charge on any atom is -0.492 e.